The average Bonchev–Trinajstić information content (AvgIpc) is 3.26. The molecule has 0 bridgehead atoms. The standard InChI is InChI=1S/C17H19NO3S.C13H11NO3S.C7H7NO3S.C4H9.C3H5Br.2B.Y/c1-2-3-13-17-21-16-12-8-7-11-15(16)18(22(17,19)20)14-9-5-4-6-10-14;15-18(16)10-17-13-9-5-4-8-12(13)14(18)11-6-2-1-3-7-11;9-12(10)5-11-7-4-2-1-3-6(7)8-12;1-3-4-2;1-2-3-4;;;/h4-12,17H,2-3,13H2,1H3;1-9H,10H2;1-4,8H,5H2;1,3-4H2,2H3;2H,1,3H2;;;/q;;;-1;;;;. The second-order valence-electron chi connectivity index (χ2n) is 13.0. The number of alkyl halides is 1. The van der Waals surface area contributed by atoms with Gasteiger partial charge in [-0.05, 0) is 67.1 Å². The van der Waals surface area contributed by atoms with E-state index in [0.717, 1.165) is 24.6 Å². The molecule has 331 valence electrons. The van der Waals surface area contributed by atoms with Crippen molar-refractivity contribution in [2.75, 3.05) is 30.5 Å². The summed E-state index contributed by atoms with van der Waals surface area (Å²) >= 11 is 3.13. The Hall–Kier alpha value is -3.80. The molecule has 1 unspecified atom stereocenters. The molecule has 7 radical (unpaired) electrons. The number of fused-ring (bicyclic) bond motifs is 3. The Morgan fingerprint density at radius 2 is 1.13 bits per heavy atom. The van der Waals surface area contributed by atoms with Crippen molar-refractivity contribution in [2.45, 2.75) is 51.4 Å². The first-order valence-corrected chi connectivity index (χ1v) is 25.0. The van der Waals surface area contributed by atoms with E-state index in [0.29, 0.717) is 52.1 Å². The Morgan fingerprint density at radius 3 is 1.65 bits per heavy atom. The van der Waals surface area contributed by atoms with E-state index in [2.05, 4.69) is 41.1 Å². The van der Waals surface area contributed by atoms with Gasteiger partial charge >= 0.3 is 0 Å². The van der Waals surface area contributed by atoms with Crippen molar-refractivity contribution >= 4 is 91.3 Å². The number of sulfonamides is 3. The molecular weight excluding hydrogens is 1000 g/mol. The third kappa shape index (κ3) is 16.3. The molecule has 3 aliphatic rings. The fraction of sp³-hybridized carbons (Fsp3) is 0.250. The minimum Gasteiger partial charge on any atom is -0.474 e. The number of halogens is 1. The molecule has 1 N–H and O–H groups in total. The van der Waals surface area contributed by atoms with Crippen LogP contribution in [0.3, 0.4) is 0 Å². The zero-order chi connectivity index (χ0) is 43.6. The zero-order valence-corrected chi connectivity index (χ0v) is 42.2. The number of rotatable bonds is 7. The van der Waals surface area contributed by atoms with Crippen molar-refractivity contribution in [3.63, 3.8) is 0 Å². The summed E-state index contributed by atoms with van der Waals surface area (Å²) in [4.78, 5) is 0. The van der Waals surface area contributed by atoms with Crippen molar-refractivity contribution in [3.8, 4) is 17.2 Å². The number of unbranched alkanes of at least 4 members (excludes halogenated alkanes) is 2. The van der Waals surface area contributed by atoms with Gasteiger partial charge in [0.05, 0.1) is 28.4 Å². The summed E-state index contributed by atoms with van der Waals surface area (Å²) in [6, 6.07) is 39.4. The summed E-state index contributed by atoms with van der Waals surface area (Å²) in [5.74, 6) is 1.13. The van der Waals surface area contributed by atoms with Gasteiger partial charge in [-0.3, -0.25) is 4.72 Å². The molecule has 0 aliphatic carbocycles. The van der Waals surface area contributed by atoms with Crippen LogP contribution in [0.2, 0.25) is 0 Å². The van der Waals surface area contributed by atoms with E-state index in [1.165, 1.54) is 15.0 Å². The van der Waals surface area contributed by atoms with E-state index in [4.69, 9.17) is 14.2 Å². The maximum absolute atomic E-state index is 13.0. The van der Waals surface area contributed by atoms with Gasteiger partial charge in [-0.1, -0.05) is 121 Å². The van der Waals surface area contributed by atoms with Crippen LogP contribution in [0.5, 0.6) is 17.2 Å². The number of anilines is 5. The van der Waals surface area contributed by atoms with Crippen LogP contribution < -0.4 is 27.5 Å². The van der Waals surface area contributed by atoms with Gasteiger partial charge in [0.2, 0.25) is 17.3 Å². The van der Waals surface area contributed by atoms with Crippen molar-refractivity contribution in [2.24, 2.45) is 0 Å². The first-order valence-electron chi connectivity index (χ1n) is 19.2. The van der Waals surface area contributed by atoms with E-state index in [9.17, 15) is 25.3 Å². The molecule has 0 aromatic heterocycles. The summed E-state index contributed by atoms with van der Waals surface area (Å²) in [5.41, 5.74) is 2.05. The molecule has 0 fully saturated rings. The minimum atomic E-state index is -3.59. The molecule has 3 heterocycles. The normalized spacial score (nSPS) is 16.0. The molecule has 1 atom stereocenters. The number of benzene rings is 5. The third-order valence-corrected chi connectivity index (χ3v) is 13.1. The number of allylic oxidation sites excluding steroid dienone is 1. The number of nitrogens with one attached hydrogen (secondary N) is 1. The second kappa shape index (κ2) is 28.2. The van der Waals surface area contributed by atoms with Gasteiger partial charge in [0, 0.05) is 61.3 Å². The number of hydrogen-bond acceptors (Lipinski definition) is 9. The van der Waals surface area contributed by atoms with E-state index < -0.39 is 35.5 Å². The summed E-state index contributed by atoms with van der Waals surface area (Å²) in [6.07, 6.45) is 6.31. The zero-order valence-electron chi connectivity index (χ0n) is 35.3. The Bertz CT molecular complexity index is 2460. The maximum Gasteiger partial charge on any atom is 0.277 e. The SMILES string of the molecule is C=CCBr.CCCCC1Oc2ccccc2N(c2ccccc2)S1(=O)=O.O=S1(=O)COc2ccccc2N1.O=S1(=O)COc2ccccc2N1c1ccccc1.[B].[B].[CH2-]CCC.[Y]. The topological polar surface area (TPSA) is 149 Å². The number of ether oxygens (including phenoxy) is 3. The fourth-order valence-corrected chi connectivity index (χ4v) is 9.46. The molecule has 63 heavy (non-hydrogen) atoms. The van der Waals surface area contributed by atoms with Gasteiger partial charge in [-0.2, -0.15) is 6.42 Å². The Labute approximate surface area is 412 Å². The van der Waals surface area contributed by atoms with Crippen LogP contribution in [0, 0.1) is 6.92 Å². The van der Waals surface area contributed by atoms with Crippen molar-refractivity contribution < 1.29 is 72.2 Å². The smallest absolute Gasteiger partial charge is 0.277 e. The molecule has 0 spiro atoms. The molecule has 12 nitrogen and oxygen atoms in total. The van der Waals surface area contributed by atoms with Crippen molar-refractivity contribution in [1.82, 2.24) is 0 Å². The van der Waals surface area contributed by atoms with Crippen LogP contribution in [0.1, 0.15) is 46.0 Å². The van der Waals surface area contributed by atoms with Crippen LogP contribution in [0.15, 0.2) is 146 Å². The molecule has 0 saturated heterocycles. The molecule has 5 aromatic carbocycles. The fourth-order valence-electron chi connectivity index (χ4n) is 5.58. The molecule has 8 rings (SSSR count). The maximum atomic E-state index is 13.0. The van der Waals surface area contributed by atoms with Crippen LogP contribution in [0.4, 0.5) is 28.4 Å². The Morgan fingerprint density at radius 1 is 0.683 bits per heavy atom. The van der Waals surface area contributed by atoms with Crippen LogP contribution in [0.25, 0.3) is 0 Å². The molecule has 5 aromatic rings. The van der Waals surface area contributed by atoms with E-state index >= 15 is 0 Å². The van der Waals surface area contributed by atoms with Crippen molar-refractivity contribution in [3.05, 3.63) is 153 Å². The largest absolute Gasteiger partial charge is 0.474 e. The average molecular weight is 1050 g/mol. The molecule has 0 amide bonds. The minimum absolute atomic E-state index is 0. The summed E-state index contributed by atoms with van der Waals surface area (Å²) < 4.78 is 93.4. The number of para-hydroxylation sites is 8. The van der Waals surface area contributed by atoms with Gasteiger partial charge in [-0.15, -0.1) is 6.58 Å². The Balaban J connectivity index is 0.000000437. The first-order chi connectivity index (χ1) is 28.8. The third-order valence-electron chi connectivity index (χ3n) is 8.41. The number of hydrogen-bond donors (Lipinski definition) is 1. The van der Waals surface area contributed by atoms with Gasteiger partial charge < -0.3 is 21.1 Å². The van der Waals surface area contributed by atoms with Crippen LogP contribution in [-0.2, 0) is 62.8 Å². The predicted molar refractivity (Wildman–Crippen MR) is 258 cm³/mol. The van der Waals surface area contributed by atoms with Crippen molar-refractivity contribution in [1.29, 1.82) is 0 Å². The molecule has 19 heteroatoms. The van der Waals surface area contributed by atoms with Crippen LogP contribution in [-0.4, -0.2) is 64.7 Å². The van der Waals surface area contributed by atoms with Gasteiger partial charge in [0.1, 0.15) is 17.2 Å². The molecular formula is C44H51B2BrN3O9S3Y-. The summed E-state index contributed by atoms with van der Waals surface area (Å²) in [5, 5.41) is 0.896. The first kappa shape index (κ1) is 57.2. The quantitative estimate of drug-likeness (QED) is 0.0728. The van der Waals surface area contributed by atoms with E-state index in [1.807, 2.05) is 67.6 Å². The van der Waals surface area contributed by atoms with Gasteiger partial charge in [0.25, 0.3) is 30.1 Å². The van der Waals surface area contributed by atoms with Gasteiger partial charge in [0.15, 0.2) is 0 Å². The van der Waals surface area contributed by atoms with Crippen LogP contribution >= 0.6 is 15.9 Å². The second-order valence-corrected chi connectivity index (χ2v) is 19.0. The molecule has 0 saturated carbocycles. The van der Waals surface area contributed by atoms with E-state index in [-0.39, 0.29) is 61.4 Å². The monoisotopic (exact) mass is 1050 g/mol. The Kier molecular flexibility index (Phi) is 25.6. The summed E-state index contributed by atoms with van der Waals surface area (Å²) in [6.45, 7) is 11.2. The van der Waals surface area contributed by atoms with Gasteiger partial charge in [-0.25, -0.2) is 33.9 Å². The van der Waals surface area contributed by atoms with E-state index in [1.54, 1.807) is 78.9 Å². The molecule has 3 aliphatic heterocycles. The summed E-state index contributed by atoms with van der Waals surface area (Å²) in [7, 11) is -10.3. The number of nitrogens with zero attached hydrogens (tertiary/aromatic N) is 2. The predicted octanol–water partition coefficient (Wildman–Crippen LogP) is 9.77.